The molecule has 0 unspecified atom stereocenters. The first-order valence-electron chi connectivity index (χ1n) is 7.16. The van der Waals surface area contributed by atoms with Crippen molar-refractivity contribution in [2.45, 2.75) is 18.0 Å². The first-order chi connectivity index (χ1) is 11.2. The highest BCUT2D eigenvalue weighted by Crippen LogP contribution is 2.19. The Morgan fingerprint density at radius 3 is 3.17 bits per heavy atom. The Kier molecular flexibility index (Phi) is 4.87. The second kappa shape index (κ2) is 7.23. The van der Waals surface area contributed by atoms with Gasteiger partial charge in [-0.1, -0.05) is 30.0 Å². The second-order valence-electron chi connectivity index (χ2n) is 4.97. The molecule has 1 amide bonds. The van der Waals surface area contributed by atoms with Crippen molar-refractivity contribution in [3.8, 4) is 0 Å². The van der Waals surface area contributed by atoms with Gasteiger partial charge in [-0.25, -0.2) is 14.8 Å². The van der Waals surface area contributed by atoms with E-state index in [0.29, 0.717) is 23.6 Å². The SMILES string of the molecule is O=C(CSc1nc2ccccc2[nH]1)N/N=C/C1=CCCC(F)=C1. The number of imidazole rings is 1. The number of fused-ring (bicyclic) bond motifs is 1. The maximum Gasteiger partial charge on any atom is 0.250 e. The molecule has 0 saturated carbocycles. The number of amides is 1. The summed E-state index contributed by atoms with van der Waals surface area (Å²) in [5, 5.41) is 4.52. The number of H-pyrrole nitrogens is 1. The van der Waals surface area contributed by atoms with Gasteiger partial charge < -0.3 is 4.98 Å². The lowest BCUT2D eigenvalue weighted by atomic mass is 10.1. The first-order valence-corrected chi connectivity index (χ1v) is 8.15. The third-order valence-corrected chi connectivity index (χ3v) is 4.07. The third kappa shape index (κ3) is 4.29. The molecule has 1 aromatic carbocycles. The molecule has 0 spiro atoms. The summed E-state index contributed by atoms with van der Waals surface area (Å²) in [7, 11) is 0. The number of para-hydroxylation sites is 2. The number of thioether (sulfide) groups is 1. The molecular formula is C16H15FN4OS. The van der Waals surface area contributed by atoms with Crippen molar-refractivity contribution in [2.75, 3.05) is 5.75 Å². The van der Waals surface area contributed by atoms with Crippen LogP contribution < -0.4 is 5.43 Å². The van der Waals surface area contributed by atoms with Crippen molar-refractivity contribution >= 4 is 34.9 Å². The van der Waals surface area contributed by atoms with Crippen molar-refractivity contribution in [1.29, 1.82) is 0 Å². The van der Waals surface area contributed by atoms with Crippen LogP contribution in [0.3, 0.4) is 0 Å². The number of hydrazone groups is 1. The van der Waals surface area contributed by atoms with Crippen molar-refractivity contribution in [3.05, 3.63) is 47.8 Å². The second-order valence-corrected chi connectivity index (χ2v) is 5.94. The van der Waals surface area contributed by atoms with Crippen molar-refractivity contribution < 1.29 is 9.18 Å². The van der Waals surface area contributed by atoms with Crippen LogP contribution in [-0.4, -0.2) is 27.8 Å². The number of hydrogen-bond acceptors (Lipinski definition) is 4. The highest BCUT2D eigenvalue weighted by molar-refractivity contribution is 7.99. The molecule has 7 heteroatoms. The van der Waals surface area contributed by atoms with Crippen LogP contribution in [-0.2, 0) is 4.79 Å². The van der Waals surface area contributed by atoms with E-state index in [1.807, 2.05) is 30.3 Å². The Morgan fingerprint density at radius 1 is 1.48 bits per heavy atom. The molecule has 0 fully saturated rings. The molecule has 23 heavy (non-hydrogen) atoms. The summed E-state index contributed by atoms with van der Waals surface area (Å²) in [6, 6.07) is 7.68. The average molecular weight is 330 g/mol. The van der Waals surface area contributed by atoms with Gasteiger partial charge in [0.15, 0.2) is 5.16 Å². The highest BCUT2D eigenvalue weighted by Gasteiger charge is 2.06. The van der Waals surface area contributed by atoms with E-state index < -0.39 is 0 Å². The molecule has 0 bridgehead atoms. The van der Waals surface area contributed by atoms with E-state index in [0.717, 1.165) is 11.0 Å². The Balaban J connectivity index is 1.49. The van der Waals surface area contributed by atoms with E-state index in [9.17, 15) is 9.18 Å². The number of aromatic amines is 1. The summed E-state index contributed by atoms with van der Waals surface area (Å²) in [6.45, 7) is 0. The zero-order chi connectivity index (χ0) is 16.1. The summed E-state index contributed by atoms with van der Waals surface area (Å²) < 4.78 is 13.1. The van der Waals surface area contributed by atoms with E-state index >= 15 is 0 Å². The number of rotatable bonds is 5. The fraction of sp³-hybridized carbons (Fsp3) is 0.188. The molecule has 118 valence electrons. The van der Waals surface area contributed by atoms with Crippen molar-refractivity contribution in [1.82, 2.24) is 15.4 Å². The monoisotopic (exact) mass is 330 g/mol. The minimum absolute atomic E-state index is 0.166. The van der Waals surface area contributed by atoms with E-state index in [1.54, 1.807) is 0 Å². The minimum Gasteiger partial charge on any atom is -0.333 e. The molecule has 0 atom stereocenters. The molecule has 0 saturated heterocycles. The summed E-state index contributed by atoms with van der Waals surface area (Å²) in [5.41, 5.74) is 4.89. The zero-order valence-corrected chi connectivity index (χ0v) is 13.1. The predicted molar refractivity (Wildman–Crippen MR) is 90.0 cm³/mol. The Hall–Kier alpha value is -2.41. The number of allylic oxidation sites excluding steroid dienone is 4. The van der Waals surface area contributed by atoms with Gasteiger partial charge in [0.1, 0.15) is 5.83 Å². The van der Waals surface area contributed by atoms with Gasteiger partial charge in [-0.15, -0.1) is 0 Å². The van der Waals surface area contributed by atoms with Gasteiger partial charge in [-0.05, 0) is 30.2 Å². The van der Waals surface area contributed by atoms with Gasteiger partial charge in [0, 0.05) is 6.42 Å². The number of aromatic nitrogens is 2. The summed E-state index contributed by atoms with van der Waals surface area (Å²) in [5.74, 6) is -0.214. The van der Waals surface area contributed by atoms with Gasteiger partial charge in [0.2, 0.25) is 0 Å². The van der Waals surface area contributed by atoms with E-state index in [2.05, 4.69) is 20.5 Å². The van der Waals surface area contributed by atoms with E-state index in [4.69, 9.17) is 0 Å². The maximum atomic E-state index is 13.1. The smallest absolute Gasteiger partial charge is 0.250 e. The molecular weight excluding hydrogens is 315 g/mol. The fourth-order valence-corrected chi connectivity index (χ4v) is 2.80. The lowest BCUT2D eigenvalue weighted by Crippen LogP contribution is -2.19. The number of nitrogens with zero attached hydrogens (tertiary/aromatic N) is 2. The number of halogens is 1. The summed E-state index contributed by atoms with van der Waals surface area (Å²) in [4.78, 5) is 19.3. The maximum absolute atomic E-state index is 13.1. The number of carbonyl (C=O) groups is 1. The molecule has 1 aliphatic rings. The topological polar surface area (TPSA) is 70.1 Å². The largest absolute Gasteiger partial charge is 0.333 e. The van der Waals surface area contributed by atoms with Crippen LogP contribution in [0.25, 0.3) is 11.0 Å². The Labute approximate surface area is 136 Å². The van der Waals surface area contributed by atoms with E-state index in [1.165, 1.54) is 24.1 Å². The zero-order valence-electron chi connectivity index (χ0n) is 12.3. The molecule has 0 aliphatic heterocycles. The molecule has 0 radical (unpaired) electrons. The number of carbonyl (C=O) groups excluding carboxylic acids is 1. The Bertz CT molecular complexity index is 776. The van der Waals surface area contributed by atoms with Crippen LogP contribution in [0.5, 0.6) is 0 Å². The quantitative estimate of drug-likeness (QED) is 0.502. The number of nitrogens with one attached hydrogen (secondary N) is 2. The van der Waals surface area contributed by atoms with Crippen LogP contribution in [0.2, 0.25) is 0 Å². The summed E-state index contributed by atoms with van der Waals surface area (Å²) >= 11 is 1.30. The Morgan fingerprint density at radius 2 is 2.35 bits per heavy atom. The van der Waals surface area contributed by atoms with Crippen molar-refractivity contribution in [3.63, 3.8) is 0 Å². The van der Waals surface area contributed by atoms with E-state index in [-0.39, 0.29) is 17.5 Å². The van der Waals surface area contributed by atoms with Gasteiger partial charge in [0.25, 0.3) is 5.91 Å². The third-order valence-electron chi connectivity index (χ3n) is 3.20. The minimum atomic E-state index is -0.243. The summed E-state index contributed by atoms with van der Waals surface area (Å²) in [6.07, 6.45) is 5.82. The molecule has 5 nitrogen and oxygen atoms in total. The van der Waals surface area contributed by atoms with Crippen LogP contribution in [0.4, 0.5) is 4.39 Å². The van der Waals surface area contributed by atoms with Gasteiger partial charge in [0.05, 0.1) is 23.0 Å². The first kappa shape index (κ1) is 15.5. The molecule has 1 aliphatic carbocycles. The van der Waals surface area contributed by atoms with Crippen LogP contribution in [0.15, 0.2) is 58.1 Å². The molecule has 1 aromatic heterocycles. The molecule has 3 rings (SSSR count). The van der Waals surface area contributed by atoms with Gasteiger partial charge in [-0.3, -0.25) is 4.79 Å². The lowest BCUT2D eigenvalue weighted by molar-refractivity contribution is -0.118. The number of hydrogen-bond donors (Lipinski definition) is 2. The molecule has 2 N–H and O–H groups in total. The number of benzene rings is 1. The lowest BCUT2D eigenvalue weighted by Gasteiger charge is -2.03. The van der Waals surface area contributed by atoms with Gasteiger partial charge >= 0.3 is 0 Å². The van der Waals surface area contributed by atoms with Crippen LogP contribution >= 0.6 is 11.8 Å². The predicted octanol–water partition coefficient (Wildman–Crippen LogP) is 3.33. The van der Waals surface area contributed by atoms with Gasteiger partial charge in [-0.2, -0.15) is 5.10 Å². The standard InChI is InChI=1S/C16H15FN4OS/c17-12-5-3-4-11(8-12)9-18-21-15(22)10-23-16-19-13-6-1-2-7-14(13)20-16/h1-2,4,6-9H,3,5,10H2,(H,19,20)(H,21,22)/b18-9+. The van der Waals surface area contributed by atoms with Crippen LogP contribution in [0, 0.1) is 0 Å². The highest BCUT2D eigenvalue weighted by atomic mass is 32.2. The van der Waals surface area contributed by atoms with Crippen LogP contribution in [0.1, 0.15) is 12.8 Å². The van der Waals surface area contributed by atoms with Crippen molar-refractivity contribution in [2.24, 2.45) is 5.10 Å². The average Bonchev–Trinajstić information content (AvgIpc) is 2.96. The fourth-order valence-electron chi connectivity index (χ4n) is 2.12. The normalized spacial score (nSPS) is 14.8. The molecule has 2 aromatic rings. The molecule has 1 heterocycles.